The van der Waals surface area contributed by atoms with Crippen LogP contribution in [0.5, 0.6) is 5.75 Å². The number of pyridine rings is 1. The van der Waals surface area contributed by atoms with E-state index in [9.17, 15) is 31.4 Å². The molecule has 0 spiro atoms. The van der Waals surface area contributed by atoms with Crippen LogP contribution in [0.4, 0.5) is 17.6 Å². The molecule has 28 heavy (non-hydrogen) atoms. The first kappa shape index (κ1) is 20.3. The van der Waals surface area contributed by atoms with Crippen molar-refractivity contribution < 1.29 is 36.0 Å². The van der Waals surface area contributed by atoms with Crippen LogP contribution in [0.25, 0.3) is 10.9 Å². The van der Waals surface area contributed by atoms with E-state index in [0.717, 1.165) is 4.57 Å². The Morgan fingerprint density at radius 1 is 1.36 bits per heavy atom. The van der Waals surface area contributed by atoms with Crippen molar-refractivity contribution in [2.24, 2.45) is 0 Å². The zero-order chi connectivity index (χ0) is 20.7. The smallest absolute Gasteiger partial charge is 0.387 e. The number of hydrogen-bond acceptors (Lipinski definition) is 5. The first-order valence-electron chi connectivity index (χ1n) is 8.24. The maximum absolute atomic E-state index is 14.3. The maximum Gasteiger partial charge on any atom is 0.387 e. The van der Waals surface area contributed by atoms with Gasteiger partial charge in [-0.2, -0.15) is 13.2 Å². The first-order valence-corrected chi connectivity index (χ1v) is 9.80. The van der Waals surface area contributed by atoms with E-state index in [0.29, 0.717) is 18.9 Å². The molecule has 0 bridgehead atoms. The molecule has 6 nitrogen and oxygen atoms in total. The van der Waals surface area contributed by atoms with E-state index >= 15 is 0 Å². The topological polar surface area (TPSA) is 74.6 Å². The van der Waals surface area contributed by atoms with Gasteiger partial charge in [0.05, 0.1) is 28.3 Å². The molecule has 1 saturated carbocycles. The van der Waals surface area contributed by atoms with E-state index in [-0.39, 0.29) is 11.6 Å². The van der Waals surface area contributed by atoms with Crippen molar-refractivity contribution in [3.05, 3.63) is 33.5 Å². The molecular formula is C17H15F4NO5S. The molecule has 1 atom stereocenters. The highest BCUT2D eigenvalue weighted by Crippen LogP contribution is 2.43. The molecule has 2 aromatic rings. The summed E-state index contributed by atoms with van der Waals surface area (Å²) in [5.74, 6) is -5.56. The van der Waals surface area contributed by atoms with Crippen molar-refractivity contribution in [1.82, 2.24) is 4.57 Å². The molecule has 11 heteroatoms. The number of hydrogen-bond donors (Lipinski definition) is 0. The fourth-order valence-electron chi connectivity index (χ4n) is 3.00. The van der Waals surface area contributed by atoms with E-state index in [1.54, 1.807) is 0 Å². The Kier molecular flexibility index (Phi) is 5.46. The Labute approximate surface area is 158 Å². The molecule has 0 saturated heterocycles. The molecule has 3 rings (SSSR count). The van der Waals surface area contributed by atoms with Crippen molar-refractivity contribution in [2.45, 2.75) is 37.4 Å². The van der Waals surface area contributed by atoms with Gasteiger partial charge in [-0.25, -0.2) is 9.18 Å². The summed E-state index contributed by atoms with van der Waals surface area (Å²) in [6.45, 7) is -2.10. The third kappa shape index (κ3) is 3.38. The Bertz CT molecular complexity index is 1050. The fraction of sp³-hybridized carbons (Fsp3) is 0.412. The Hall–Kier alpha value is -2.43. The van der Waals surface area contributed by atoms with Gasteiger partial charge in [-0.1, -0.05) is 0 Å². The van der Waals surface area contributed by atoms with Crippen LogP contribution < -0.4 is 10.2 Å². The zero-order valence-corrected chi connectivity index (χ0v) is 15.6. The number of ether oxygens (including phenoxy) is 2. The van der Waals surface area contributed by atoms with Crippen LogP contribution in [-0.4, -0.2) is 34.2 Å². The van der Waals surface area contributed by atoms with Crippen LogP contribution in [0, 0.1) is 11.6 Å². The van der Waals surface area contributed by atoms with Gasteiger partial charge in [0.1, 0.15) is 10.6 Å². The summed E-state index contributed by atoms with van der Waals surface area (Å²) < 4.78 is 76.5. The van der Waals surface area contributed by atoms with Gasteiger partial charge in [0, 0.05) is 12.3 Å². The van der Waals surface area contributed by atoms with Crippen LogP contribution >= 0.6 is 0 Å². The minimum Gasteiger partial charge on any atom is -0.462 e. The highest BCUT2D eigenvalue weighted by molar-refractivity contribution is 7.84. The van der Waals surface area contributed by atoms with Crippen molar-refractivity contribution in [3.63, 3.8) is 0 Å². The molecule has 1 unspecified atom stereocenters. The molecule has 1 aromatic heterocycles. The van der Waals surface area contributed by atoms with Gasteiger partial charge in [0.2, 0.25) is 11.2 Å². The molecule has 0 aliphatic heterocycles. The van der Waals surface area contributed by atoms with Gasteiger partial charge in [0.15, 0.2) is 11.6 Å². The molecule has 0 amide bonds. The summed E-state index contributed by atoms with van der Waals surface area (Å²) in [6.07, 6.45) is 2.17. The summed E-state index contributed by atoms with van der Waals surface area (Å²) in [7, 11) is -1.95. The van der Waals surface area contributed by atoms with Gasteiger partial charge in [-0.3, -0.25) is 9.00 Å². The molecule has 1 aliphatic rings. The number of halogens is 4. The largest absolute Gasteiger partial charge is 0.462 e. The molecule has 1 fully saturated rings. The van der Waals surface area contributed by atoms with E-state index in [1.165, 1.54) is 13.2 Å². The van der Waals surface area contributed by atoms with E-state index in [2.05, 4.69) is 4.74 Å². The molecule has 0 N–H and O–H groups in total. The number of fused-ring (bicyclic) bond motifs is 1. The Morgan fingerprint density at radius 2 is 2.00 bits per heavy atom. The second-order valence-corrected chi connectivity index (χ2v) is 7.36. The maximum atomic E-state index is 14.3. The lowest BCUT2D eigenvalue weighted by Gasteiger charge is -2.20. The number of alkyl halides is 2. The normalized spacial score (nSPS) is 15.1. The van der Waals surface area contributed by atoms with Crippen molar-refractivity contribution in [2.75, 3.05) is 12.9 Å². The van der Waals surface area contributed by atoms with Gasteiger partial charge >= 0.3 is 12.6 Å². The summed E-state index contributed by atoms with van der Waals surface area (Å²) in [4.78, 5) is 25.2. The number of carbonyl (C=O) groups is 1. The molecule has 1 heterocycles. The highest BCUT2D eigenvalue weighted by Gasteiger charge is 2.36. The zero-order valence-electron chi connectivity index (χ0n) is 14.8. The van der Waals surface area contributed by atoms with Gasteiger partial charge in [0.25, 0.3) is 0 Å². The summed E-state index contributed by atoms with van der Waals surface area (Å²) >= 11 is 0. The third-order valence-electron chi connectivity index (χ3n) is 4.17. The minimum atomic E-state index is -3.50. The summed E-state index contributed by atoms with van der Waals surface area (Å²) in [5, 5.41) is -0.845. The fourth-order valence-corrected chi connectivity index (χ4v) is 3.98. The average Bonchev–Trinajstić information content (AvgIpc) is 3.43. The van der Waals surface area contributed by atoms with Crippen molar-refractivity contribution in [3.8, 4) is 5.75 Å². The van der Waals surface area contributed by atoms with Crippen LogP contribution in [-0.2, 0) is 15.5 Å². The average molecular weight is 421 g/mol. The molecule has 0 radical (unpaired) electrons. The monoisotopic (exact) mass is 421 g/mol. The molecule has 1 aliphatic carbocycles. The van der Waals surface area contributed by atoms with Crippen LogP contribution in [0.2, 0.25) is 0 Å². The second-order valence-electron chi connectivity index (χ2n) is 6.06. The predicted octanol–water partition coefficient (Wildman–Crippen LogP) is 3.13. The molecule has 1 aromatic carbocycles. The molecular weight excluding hydrogens is 406 g/mol. The lowest BCUT2D eigenvalue weighted by atomic mass is 10.1. The van der Waals surface area contributed by atoms with E-state index in [4.69, 9.17) is 4.74 Å². The number of carbonyl (C=O) groups excluding carboxylic acids is 1. The van der Waals surface area contributed by atoms with Gasteiger partial charge < -0.3 is 14.0 Å². The minimum absolute atomic E-state index is 0.0902. The lowest BCUT2D eigenvalue weighted by molar-refractivity contribution is -0.0516. The summed E-state index contributed by atoms with van der Waals surface area (Å²) in [5.41, 5.74) is -2.17. The van der Waals surface area contributed by atoms with Crippen LogP contribution in [0.3, 0.4) is 0 Å². The predicted molar refractivity (Wildman–Crippen MR) is 91.3 cm³/mol. The Morgan fingerprint density at radius 3 is 2.50 bits per heavy atom. The Balaban J connectivity index is 2.55. The van der Waals surface area contributed by atoms with E-state index in [1.807, 2.05) is 0 Å². The van der Waals surface area contributed by atoms with Crippen LogP contribution in [0.1, 0.15) is 36.2 Å². The highest BCUT2D eigenvalue weighted by atomic mass is 32.2. The van der Waals surface area contributed by atoms with Crippen molar-refractivity contribution in [1.29, 1.82) is 0 Å². The second kappa shape index (κ2) is 7.53. The van der Waals surface area contributed by atoms with Crippen LogP contribution in [0.15, 0.2) is 15.9 Å². The van der Waals surface area contributed by atoms with Gasteiger partial charge in [-0.05, 0) is 25.8 Å². The standard InChI is InChI=1S/C17H15F4NO5S/c1-3-26-16(24)10-13(23)8-6-9(18)11(19)14(27-17(20)21)12(8)22(7-4-5-7)15(10)28(2)25/h6-7,17H,3-5H2,1-2H3. The first-order chi connectivity index (χ1) is 13.2. The number of benzene rings is 1. The third-order valence-corrected chi connectivity index (χ3v) is 5.11. The van der Waals surface area contributed by atoms with Gasteiger partial charge in [-0.15, -0.1) is 0 Å². The number of esters is 1. The number of aromatic nitrogens is 1. The quantitative estimate of drug-likeness (QED) is 0.529. The number of nitrogens with zero attached hydrogens (tertiary/aromatic N) is 1. The lowest BCUT2D eigenvalue weighted by Crippen LogP contribution is -2.27. The molecule has 152 valence electrons. The number of rotatable bonds is 6. The van der Waals surface area contributed by atoms with E-state index < -0.39 is 68.7 Å². The summed E-state index contributed by atoms with van der Waals surface area (Å²) in [6, 6.07) is 0.0648. The SMILES string of the molecule is CCOC(=O)c1c(S(C)=O)n(C2CC2)c2c(OC(F)F)c(F)c(F)cc2c1=O. The van der Waals surface area contributed by atoms with Crippen molar-refractivity contribution >= 4 is 27.7 Å².